The van der Waals surface area contributed by atoms with Crippen LogP contribution in [-0.2, 0) is 10.0 Å². The van der Waals surface area contributed by atoms with E-state index in [4.69, 9.17) is 5.73 Å². The molecular weight excluding hydrogens is 296 g/mol. The summed E-state index contributed by atoms with van der Waals surface area (Å²) in [6.45, 7) is 1.72. The first-order valence-electron chi connectivity index (χ1n) is 5.79. The highest BCUT2D eigenvalue weighted by Crippen LogP contribution is 2.25. The summed E-state index contributed by atoms with van der Waals surface area (Å²) < 4.78 is 26.8. The zero-order chi connectivity index (χ0) is 15.6. The number of aryl methyl sites for hydroxylation is 1. The summed E-state index contributed by atoms with van der Waals surface area (Å²) in [5.74, 6) is 0. The Labute approximate surface area is 120 Å². The van der Waals surface area contributed by atoms with Gasteiger partial charge in [-0.3, -0.25) is 19.8 Å². The molecule has 0 aliphatic carbocycles. The lowest BCUT2D eigenvalue weighted by Crippen LogP contribution is -2.15. The Morgan fingerprint density at radius 2 is 2.00 bits per heavy atom. The SMILES string of the molecule is Cc1cc(NS(=O)(=O)c2ccc([N+](=O)[O-])cc2N)ccn1. The normalized spacial score (nSPS) is 11.1. The van der Waals surface area contributed by atoms with Gasteiger partial charge in [-0.05, 0) is 25.1 Å². The lowest BCUT2D eigenvalue weighted by atomic mass is 10.3. The predicted octanol–water partition coefficient (Wildman–Crippen LogP) is 1.68. The largest absolute Gasteiger partial charge is 0.397 e. The molecule has 1 aromatic carbocycles. The number of nitro benzene ring substituents is 1. The van der Waals surface area contributed by atoms with Gasteiger partial charge < -0.3 is 5.73 Å². The third-order valence-corrected chi connectivity index (χ3v) is 4.10. The van der Waals surface area contributed by atoms with Crippen LogP contribution in [0.4, 0.5) is 17.1 Å². The second-order valence-corrected chi connectivity index (χ2v) is 5.92. The van der Waals surface area contributed by atoms with E-state index in [9.17, 15) is 18.5 Å². The Morgan fingerprint density at radius 3 is 2.57 bits per heavy atom. The fraction of sp³-hybridized carbons (Fsp3) is 0.0833. The molecule has 0 aliphatic heterocycles. The number of pyridine rings is 1. The monoisotopic (exact) mass is 308 g/mol. The number of aromatic nitrogens is 1. The van der Waals surface area contributed by atoms with E-state index in [2.05, 4.69) is 9.71 Å². The molecule has 1 aromatic heterocycles. The van der Waals surface area contributed by atoms with Gasteiger partial charge in [0.1, 0.15) is 4.90 Å². The third kappa shape index (κ3) is 3.26. The molecule has 0 saturated carbocycles. The van der Waals surface area contributed by atoms with Crippen LogP contribution in [0.25, 0.3) is 0 Å². The standard InChI is InChI=1S/C12H12N4O4S/c1-8-6-9(4-5-14-8)15-21(19,20)12-3-2-10(16(17)18)7-11(12)13/h2-7H,13H2,1H3,(H,14,15). The lowest BCUT2D eigenvalue weighted by molar-refractivity contribution is -0.384. The van der Waals surface area contributed by atoms with Gasteiger partial charge in [-0.1, -0.05) is 0 Å². The highest BCUT2D eigenvalue weighted by Gasteiger charge is 2.20. The van der Waals surface area contributed by atoms with E-state index in [1.165, 1.54) is 12.3 Å². The number of hydrogen-bond acceptors (Lipinski definition) is 6. The van der Waals surface area contributed by atoms with Crippen LogP contribution >= 0.6 is 0 Å². The minimum atomic E-state index is -3.93. The average molecular weight is 308 g/mol. The van der Waals surface area contributed by atoms with E-state index in [0.717, 1.165) is 18.2 Å². The van der Waals surface area contributed by atoms with E-state index in [1.807, 2.05) is 0 Å². The molecule has 110 valence electrons. The van der Waals surface area contributed by atoms with Gasteiger partial charge >= 0.3 is 0 Å². The Kier molecular flexibility index (Phi) is 3.76. The van der Waals surface area contributed by atoms with Crippen LogP contribution in [0.1, 0.15) is 5.69 Å². The summed E-state index contributed by atoms with van der Waals surface area (Å²) in [5.41, 5.74) is 6.11. The third-order valence-electron chi connectivity index (χ3n) is 2.64. The van der Waals surface area contributed by atoms with Gasteiger partial charge in [-0.2, -0.15) is 0 Å². The molecule has 9 heteroatoms. The fourth-order valence-corrected chi connectivity index (χ4v) is 2.88. The minimum absolute atomic E-state index is 0.192. The number of anilines is 2. The number of nitrogens with zero attached hydrogens (tertiary/aromatic N) is 2. The van der Waals surface area contributed by atoms with Gasteiger partial charge in [0.2, 0.25) is 0 Å². The van der Waals surface area contributed by atoms with Crippen LogP contribution in [0.2, 0.25) is 0 Å². The Morgan fingerprint density at radius 1 is 1.29 bits per heavy atom. The van der Waals surface area contributed by atoms with Crippen molar-refractivity contribution in [3.05, 3.63) is 52.3 Å². The molecule has 3 N–H and O–H groups in total. The number of nitro groups is 1. The van der Waals surface area contributed by atoms with Gasteiger partial charge in [-0.25, -0.2) is 8.42 Å². The number of benzene rings is 1. The summed E-state index contributed by atoms with van der Waals surface area (Å²) in [6.07, 6.45) is 1.46. The quantitative estimate of drug-likeness (QED) is 0.502. The lowest BCUT2D eigenvalue weighted by Gasteiger charge is -2.10. The van der Waals surface area contributed by atoms with E-state index < -0.39 is 14.9 Å². The van der Waals surface area contributed by atoms with Gasteiger partial charge in [0.25, 0.3) is 15.7 Å². The molecular formula is C12H12N4O4S. The van der Waals surface area contributed by atoms with Gasteiger partial charge in [0.15, 0.2) is 0 Å². The van der Waals surface area contributed by atoms with Crippen molar-refractivity contribution in [2.45, 2.75) is 11.8 Å². The first-order valence-corrected chi connectivity index (χ1v) is 7.27. The molecule has 21 heavy (non-hydrogen) atoms. The second kappa shape index (κ2) is 5.37. The summed E-state index contributed by atoms with van der Waals surface area (Å²) in [7, 11) is -3.93. The minimum Gasteiger partial charge on any atom is -0.397 e. The highest BCUT2D eigenvalue weighted by molar-refractivity contribution is 7.92. The molecule has 8 nitrogen and oxygen atoms in total. The molecule has 0 radical (unpaired) electrons. The molecule has 0 fully saturated rings. The summed E-state index contributed by atoms with van der Waals surface area (Å²) in [6, 6.07) is 6.24. The number of non-ortho nitro benzene ring substituents is 1. The Bertz CT molecular complexity index is 805. The van der Waals surface area contributed by atoms with Crippen molar-refractivity contribution in [3.63, 3.8) is 0 Å². The Balaban J connectivity index is 2.38. The number of nitrogens with one attached hydrogen (secondary N) is 1. The Hall–Kier alpha value is -2.68. The van der Waals surface area contributed by atoms with Gasteiger partial charge in [0.05, 0.1) is 16.3 Å². The zero-order valence-corrected chi connectivity index (χ0v) is 11.8. The van der Waals surface area contributed by atoms with E-state index >= 15 is 0 Å². The van der Waals surface area contributed by atoms with Gasteiger partial charge in [-0.15, -0.1) is 0 Å². The summed E-state index contributed by atoms with van der Waals surface area (Å²) in [4.78, 5) is 13.7. The first kappa shape index (κ1) is 14.7. The average Bonchev–Trinajstić information content (AvgIpc) is 2.37. The number of rotatable bonds is 4. The predicted molar refractivity (Wildman–Crippen MR) is 77.3 cm³/mol. The van der Waals surface area contributed by atoms with Crippen molar-refractivity contribution in [3.8, 4) is 0 Å². The maximum absolute atomic E-state index is 12.2. The van der Waals surface area contributed by atoms with Crippen molar-refractivity contribution in [1.82, 2.24) is 4.98 Å². The van der Waals surface area contributed by atoms with Crippen molar-refractivity contribution < 1.29 is 13.3 Å². The molecule has 0 unspecified atom stereocenters. The molecule has 0 aliphatic rings. The van der Waals surface area contributed by atoms with Crippen LogP contribution in [0.5, 0.6) is 0 Å². The fourth-order valence-electron chi connectivity index (χ4n) is 1.71. The topological polar surface area (TPSA) is 128 Å². The van der Waals surface area contributed by atoms with Crippen molar-refractivity contribution in [2.75, 3.05) is 10.5 Å². The van der Waals surface area contributed by atoms with E-state index in [1.54, 1.807) is 13.0 Å². The number of hydrogen-bond donors (Lipinski definition) is 2. The highest BCUT2D eigenvalue weighted by atomic mass is 32.2. The molecule has 0 saturated heterocycles. The maximum Gasteiger partial charge on any atom is 0.271 e. The molecule has 0 amide bonds. The molecule has 0 spiro atoms. The number of nitrogen functional groups attached to an aromatic ring is 1. The van der Waals surface area contributed by atoms with Crippen molar-refractivity contribution in [1.29, 1.82) is 0 Å². The summed E-state index contributed by atoms with van der Waals surface area (Å²) in [5, 5.41) is 10.6. The number of nitrogens with two attached hydrogens (primary N) is 1. The maximum atomic E-state index is 12.2. The van der Waals surface area contributed by atoms with Crippen LogP contribution in [0, 0.1) is 17.0 Å². The summed E-state index contributed by atoms with van der Waals surface area (Å²) >= 11 is 0. The van der Waals surface area contributed by atoms with E-state index in [-0.39, 0.29) is 16.3 Å². The van der Waals surface area contributed by atoms with Crippen molar-refractivity contribution in [2.24, 2.45) is 0 Å². The first-order chi connectivity index (χ1) is 9.79. The van der Waals surface area contributed by atoms with Gasteiger partial charge in [0, 0.05) is 24.0 Å². The molecule has 2 aromatic rings. The van der Waals surface area contributed by atoms with E-state index in [0.29, 0.717) is 11.4 Å². The molecule has 1 heterocycles. The van der Waals surface area contributed by atoms with Crippen LogP contribution < -0.4 is 10.5 Å². The van der Waals surface area contributed by atoms with Crippen LogP contribution in [-0.4, -0.2) is 18.3 Å². The molecule has 0 atom stereocenters. The molecule has 2 rings (SSSR count). The smallest absolute Gasteiger partial charge is 0.271 e. The zero-order valence-electron chi connectivity index (χ0n) is 11.0. The van der Waals surface area contributed by atoms with Crippen LogP contribution in [0.15, 0.2) is 41.4 Å². The second-order valence-electron chi connectivity index (χ2n) is 4.27. The molecule has 0 bridgehead atoms. The van der Waals surface area contributed by atoms with Crippen molar-refractivity contribution >= 4 is 27.1 Å². The number of sulfonamides is 1. The van der Waals surface area contributed by atoms with Crippen LogP contribution in [0.3, 0.4) is 0 Å².